The molecule has 236 valence electrons. The highest BCUT2D eigenvalue weighted by atomic mass is 32.2. The SMILES string of the molecule is CCCCN(C(=O)CN1CC(c2ccc3c(c2)CCO3)C(C(=O)O)C1CCNS(C)(=O)=O)c1cccc(C[N+](C)(C)C)c1. The van der Waals surface area contributed by atoms with Crippen molar-refractivity contribution in [2.75, 3.05) is 65.1 Å². The predicted octanol–water partition coefficient (Wildman–Crippen LogP) is 3.07. The summed E-state index contributed by atoms with van der Waals surface area (Å²) < 4.78 is 32.6. The van der Waals surface area contributed by atoms with E-state index in [0.29, 0.717) is 19.7 Å². The minimum Gasteiger partial charge on any atom is -0.493 e. The van der Waals surface area contributed by atoms with Crippen molar-refractivity contribution in [2.24, 2.45) is 5.92 Å². The number of rotatable bonds is 14. The highest BCUT2D eigenvalue weighted by molar-refractivity contribution is 7.88. The quantitative estimate of drug-likeness (QED) is 0.314. The molecule has 2 N–H and O–H groups in total. The zero-order valence-corrected chi connectivity index (χ0v) is 26.9. The predicted molar refractivity (Wildman–Crippen MR) is 168 cm³/mol. The molecular weight excluding hydrogens is 568 g/mol. The number of carbonyl (C=O) groups excluding carboxylic acids is 1. The number of quaternary nitrogens is 1. The number of carboxylic acid groups (broad SMARTS) is 1. The van der Waals surface area contributed by atoms with E-state index in [-0.39, 0.29) is 31.3 Å². The van der Waals surface area contributed by atoms with Crippen LogP contribution in [0.5, 0.6) is 5.75 Å². The lowest BCUT2D eigenvalue weighted by Gasteiger charge is -2.30. The Balaban J connectivity index is 1.63. The van der Waals surface area contributed by atoms with Crippen LogP contribution in [-0.2, 0) is 32.6 Å². The number of hydrogen-bond acceptors (Lipinski definition) is 6. The molecule has 0 bridgehead atoms. The van der Waals surface area contributed by atoms with Gasteiger partial charge in [-0.3, -0.25) is 14.5 Å². The fraction of sp³-hybridized carbons (Fsp3) is 0.562. The first kappa shape index (κ1) is 32.9. The van der Waals surface area contributed by atoms with Crippen molar-refractivity contribution in [3.63, 3.8) is 0 Å². The monoisotopic (exact) mass is 615 g/mol. The van der Waals surface area contributed by atoms with Gasteiger partial charge in [-0.1, -0.05) is 37.6 Å². The number of likely N-dealkylation sites (tertiary alicyclic amines) is 1. The molecule has 10 nitrogen and oxygen atoms in total. The van der Waals surface area contributed by atoms with Gasteiger partial charge in [-0.05, 0) is 42.2 Å². The summed E-state index contributed by atoms with van der Waals surface area (Å²) in [6.07, 6.45) is 3.90. The Morgan fingerprint density at radius 3 is 2.60 bits per heavy atom. The maximum Gasteiger partial charge on any atom is 0.308 e. The minimum absolute atomic E-state index is 0.0428. The van der Waals surface area contributed by atoms with Gasteiger partial charge in [0.05, 0.1) is 46.5 Å². The van der Waals surface area contributed by atoms with Crippen LogP contribution in [0.2, 0.25) is 0 Å². The van der Waals surface area contributed by atoms with E-state index in [1.165, 1.54) is 0 Å². The molecule has 4 rings (SSSR count). The number of amides is 1. The number of fused-ring (bicyclic) bond motifs is 1. The number of anilines is 1. The van der Waals surface area contributed by atoms with Crippen molar-refractivity contribution in [3.05, 3.63) is 59.2 Å². The standard InChI is InChI=1S/C32H46N4O6S/c1-6-7-16-35(26-10-8-9-23(18-26)22-36(2,3)4)30(37)21-34-20-27(24-11-12-29-25(19-24)14-17-42-29)31(32(38)39)28(34)13-15-33-43(5,40)41/h8-12,18-19,27-28,31,33H,6-7,13-17,20-22H2,1-5H3/p+1. The normalized spacial score (nSPS) is 20.5. The van der Waals surface area contributed by atoms with Gasteiger partial charge in [0.2, 0.25) is 15.9 Å². The van der Waals surface area contributed by atoms with Crippen LogP contribution < -0.4 is 14.4 Å². The molecule has 0 aliphatic carbocycles. The lowest BCUT2D eigenvalue weighted by atomic mass is 9.83. The van der Waals surface area contributed by atoms with Crippen LogP contribution in [-0.4, -0.2) is 101 Å². The molecule has 1 saturated heterocycles. The van der Waals surface area contributed by atoms with E-state index < -0.39 is 28.0 Å². The van der Waals surface area contributed by atoms with Crippen molar-refractivity contribution in [1.29, 1.82) is 0 Å². The molecule has 3 atom stereocenters. The van der Waals surface area contributed by atoms with Gasteiger partial charge in [0.1, 0.15) is 12.3 Å². The fourth-order valence-corrected chi connectivity index (χ4v) is 6.85. The minimum atomic E-state index is -3.45. The summed E-state index contributed by atoms with van der Waals surface area (Å²) in [5, 5.41) is 10.5. The van der Waals surface area contributed by atoms with Crippen LogP contribution in [0, 0.1) is 5.92 Å². The van der Waals surface area contributed by atoms with Gasteiger partial charge in [0.25, 0.3) is 0 Å². The van der Waals surface area contributed by atoms with E-state index in [4.69, 9.17) is 4.74 Å². The number of carboxylic acids is 1. The number of nitrogens with one attached hydrogen (secondary N) is 1. The van der Waals surface area contributed by atoms with Gasteiger partial charge in [-0.2, -0.15) is 0 Å². The molecule has 2 aromatic carbocycles. The number of ether oxygens (including phenoxy) is 1. The van der Waals surface area contributed by atoms with Crippen LogP contribution in [0.3, 0.4) is 0 Å². The van der Waals surface area contributed by atoms with Crippen molar-refractivity contribution in [1.82, 2.24) is 9.62 Å². The summed E-state index contributed by atoms with van der Waals surface area (Å²) in [5.74, 6) is -1.36. The van der Waals surface area contributed by atoms with Crippen molar-refractivity contribution in [2.45, 2.75) is 51.1 Å². The fourth-order valence-electron chi connectivity index (χ4n) is 6.36. The molecule has 2 aliphatic rings. The molecule has 11 heteroatoms. The van der Waals surface area contributed by atoms with Crippen molar-refractivity contribution >= 4 is 27.6 Å². The Morgan fingerprint density at radius 2 is 1.93 bits per heavy atom. The summed E-state index contributed by atoms with van der Waals surface area (Å²) in [6, 6.07) is 13.4. The first-order chi connectivity index (χ1) is 20.3. The summed E-state index contributed by atoms with van der Waals surface area (Å²) in [7, 11) is 2.93. The Kier molecular flexibility index (Phi) is 10.5. The molecule has 2 heterocycles. The maximum atomic E-state index is 14.1. The van der Waals surface area contributed by atoms with E-state index in [9.17, 15) is 23.1 Å². The smallest absolute Gasteiger partial charge is 0.308 e. The molecule has 2 aromatic rings. The average molecular weight is 616 g/mol. The Labute approximate surface area is 256 Å². The van der Waals surface area contributed by atoms with Crippen LogP contribution in [0.4, 0.5) is 5.69 Å². The molecule has 0 spiro atoms. The van der Waals surface area contributed by atoms with Crippen LogP contribution in [0.15, 0.2) is 42.5 Å². The number of aliphatic carboxylic acids is 1. The lowest BCUT2D eigenvalue weighted by molar-refractivity contribution is -0.884. The molecule has 3 unspecified atom stereocenters. The molecule has 0 aromatic heterocycles. The number of unbranched alkanes of at least 4 members (excludes halogenated alkanes) is 1. The summed E-state index contributed by atoms with van der Waals surface area (Å²) in [6.45, 7) is 4.60. The number of benzene rings is 2. The summed E-state index contributed by atoms with van der Waals surface area (Å²) in [5.41, 5.74) is 3.94. The first-order valence-corrected chi connectivity index (χ1v) is 17.0. The molecule has 0 radical (unpaired) electrons. The Hall–Kier alpha value is -2.99. The number of carbonyl (C=O) groups is 2. The van der Waals surface area contributed by atoms with Crippen LogP contribution >= 0.6 is 0 Å². The third-order valence-corrected chi connectivity index (χ3v) is 8.96. The third kappa shape index (κ3) is 8.78. The first-order valence-electron chi connectivity index (χ1n) is 15.1. The molecule has 43 heavy (non-hydrogen) atoms. The van der Waals surface area contributed by atoms with E-state index in [1.54, 1.807) is 0 Å². The Morgan fingerprint density at radius 1 is 1.16 bits per heavy atom. The zero-order valence-electron chi connectivity index (χ0n) is 26.1. The van der Waals surface area contributed by atoms with Gasteiger partial charge in [-0.25, -0.2) is 13.1 Å². The van der Waals surface area contributed by atoms with E-state index >= 15 is 0 Å². The largest absolute Gasteiger partial charge is 0.493 e. The van der Waals surface area contributed by atoms with Gasteiger partial charge in [0, 0.05) is 49.3 Å². The van der Waals surface area contributed by atoms with Crippen molar-refractivity contribution in [3.8, 4) is 5.75 Å². The number of sulfonamides is 1. The van der Waals surface area contributed by atoms with Crippen molar-refractivity contribution < 1.29 is 32.3 Å². The second-order valence-corrected chi connectivity index (χ2v) is 14.7. The second-order valence-electron chi connectivity index (χ2n) is 12.9. The highest BCUT2D eigenvalue weighted by Gasteiger charge is 2.47. The summed E-state index contributed by atoms with van der Waals surface area (Å²) >= 11 is 0. The average Bonchev–Trinajstić information content (AvgIpc) is 3.52. The van der Waals surface area contributed by atoms with Gasteiger partial charge in [0.15, 0.2) is 0 Å². The Bertz CT molecular complexity index is 1410. The highest BCUT2D eigenvalue weighted by Crippen LogP contribution is 2.41. The molecular formula is C32H47N4O6S+. The molecule has 1 amide bonds. The molecule has 2 aliphatic heterocycles. The second kappa shape index (κ2) is 13.8. The molecule has 1 fully saturated rings. The number of nitrogens with zero attached hydrogens (tertiary/aromatic N) is 3. The van der Waals surface area contributed by atoms with Gasteiger partial charge < -0.3 is 19.2 Å². The van der Waals surface area contributed by atoms with Crippen LogP contribution in [0.1, 0.15) is 48.8 Å². The topological polar surface area (TPSA) is 116 Å². The summed E-state index contributed by atoms with van der Waals surface area (Å²) in [4.78, 5) is 30.6. The van der Waals surface area contributed by atoms with Gasteiger partial charge >= 0.3 is 5.97 Å². The van der Waals surface area contributed by atoms with E-state index in [2.05, 4.69) is 44.9 Å². The maximum absolute atomic E-state index is 14.1. The lowest BCUT2D eigenvalue weighted by Crippen LogP contribution is -2.45. The third-order valence-electron chi connectivity index (χ3n) is 8.23. The van der Waals surface area contributed by atoms with Crippen LogP contribution in [0.25, 0.3) is 0 Å². The van der Waals surface area contributed by atoms with E-state index in [1.807, 2.05) is 40.1 Å². The number of hydrogen-bond donors (Lipinski definition) is 2. The van der Waals surface area contributed by atoms with E-state index in [0.717, 1.165) is 64.7 Å². The molecule has 0 saturated carbocycles. The zero-order chi connectivity index (χ0) is 31.4. The van der Waals surface area contributed by atoms with Gasteiger partial charge in [-0.15, -0.1) is 0 Å².